The number of aliphatic carboxylic acids is 1. The van der Waals surface area contributed by atoms with Crippen LogP contribution in [0.5, 0.6) is 0 Å². The van der Waals surface area contributed by atoms with Gasteiger partial charge in [-0.2, -0.15) is 0 Å². The molecule has 0 saturated carbocycles. The molecule has 1 saturated heterocycles. The number of benzene rings is 1. The van der Waals surface area contributed by atoms with E-state index in [4.69, 9.17) is 14.6 Å². The quantitative estimate of drug-likeness (QED) is 0.927. The summed E-state index contributed by atoms with van der Waals surface area (Å²) < 4.78 is 11.8. The first-order valence-electron chi connectivity index (χ1n) is 4.89. The molecule has 2 unspecified atom stereocenters. The fourth-order valence-electron chi connectivity index (χ4n) is 1.58. The fourth-order valence-corrected chi connectivity index (χ4v) is 1.99. The van der Waals surface area contributed by atoms with E-state index in [1.807, 2.05) is 24.3 Å². The molecule has 4 nitrogen and oxygen atoms in total. The van der Waals surface area contributed by atoms with Gasteiger partial charge in [-0.05, 0) is 12.1 Å². The van der Waals surface area contributed by atoms with E-state index in [2.05, 4.69) is 15.9 Å². The second-order valence-electron chi connectivity index (χ2n) is 3.58. The number of halogens is 1. The van der Waals surface area contributed by atoms with Crippen molar-refractivity contribution in [2.75, 3.05) is 6.61 Å². The number of hydrogen-bond donors (Lipinski definition) is 1. The molecule has 0 aliphatic carbocycles. The van der Waals surface area contributed by atoms with Crippen LogP contribution >= 0.6 is 15.9 Å². The van der Waals surface area contributed by atoms with Crippen molar-refractivity contribution in [2.24, 2.45) is 0 Å². The number of hydrogen-bond acceptors (Lipinski definition) is 3. The summed E-state index contributed by atoms with van der Waals surface area (Å²) in [4.78, 5) is 10.5. The minimum Gasteiger partial charge on any atom is -0.481 e. The molecule has 1 N–H and O–H groups in total. The molecule has 0 radical (unpaired) electrons. The van der Waals surface area contributed by atoms with Crippen LogP contribution in [0.2, 0.25) is 0 Å². The van der Waals surface area contributed by atoms with Crippen LogP contribution in [0, 0.1) is 0 Å². The summed E-state index contributed by atoms with van der Waals surface area (Å²) in [5.74, 6) is -0.872. The van der Waals surface area contributed by atoms with Crippen LogP contribution in [0.25, 0.3) is 0 Å². The molecule has 1 heterocycles. The first-order chi connectivity index (χ1) is 7.65. The van der Waals surface area contributed by atoms with E-state index in [9.17, 15) is 4.79 Å². The Balaban J connectivity index is 2.00. The summed E-state index contributed by atoms with van der Waals surface area (Å²) in [6.07, 6.45) is -0.840. The van der Waals surface area contributed by atoms with Gasteiger partial charge in [-0.25, -0.2) is 0 Å². The van der Waals surface area contributed by atoms with Gasteiger partial charge in [0.1, 0.15) is 0 Å². The maximum Gasteiger partial charge on any atom is 0.306 e. The van der Waals surface area contributed by atoms with Crippen molar-refractivity contribution in [2.45, 2.75) is 18.8 Å². The highest BCUT2D eigenvalue weighted by Gasteiger charge is 2.28. The second kappa shape index (κ2) is 4.95. The van der Waals surface area contributed by atoms with Crippen molar-refractivity contribution in [3.63, 3.8) is 0 Å². The third-order valence-corrected chi connectivity index (χ3v) is 2.77. The van der Waals surface area contributed by atoms with Crippen LogP contribution in [0.4, 0.5) is 0 Å². The van der Waals surface area contributed by atoms with Gasteiger partial charge in [-0.3, -0.25) is 4.79 Å². The lowest BCUT2D eigenvalue weighted by Crippen LogP contribution is -2.15. The molecule has 2 atom stereocenters. The highest BCUT2D eigenvalue weighted by molar-refractivity contribution is 9.10. The number of carboxylic acid groups (broad SMARTS) is 1. The molecule has 0 aromatic heterocycles. The van der Waals surface area contributed by atoms with Crippen molar-refractivity contribution in [1.29, 1.82) is 0 Å². The minimum absolute atomic E-state index is 0.0233. The molecule has 1 aromatic carbocycles. The molecule has 1 aliphatic rings. The van der Waals surface area contributed by atoms with Crippen molar-refractivity contribution in [3.05, 3.63) is 34.3 Å². The Morgan fingerprint density at radius 2 is 2.38 bits per heavy atom. The number of rotatable bonds is 3. The molecule has 0 bridgehead atoms. The third kappa shape index (κ3) is 2.81. The Labute approximate surface area is 101 Å². The molecule has 0 amide bonds. The summed E-state index contributed by atoms with van der Waals surface area (Å²) in [5, 5.41) is 8.63. The SMILES string of the molecule is O=C(O)CC1COC(c2cccc(Br)c2)O1. The van der Waals surface area contributed by atoms with Gasteiger partial charge in [-0.1, -0.05) is 28.1 Å². The Morgan fingerprint density at radius 3 is 3.06 bits per heavy atom. The zero-order valence-corrected chi connectivity index (χ0v) is 10.0. The van der Waals surface area contributed by atoms with E-state index in [1.165, 1.54) is 0 Å². The predicted molar refractivity (Wildman–Crippen MR) is 60.0 cm³/mol. The van der Waals surface area contributed by atoms with E-state index >= 15 is 0 Å². The summed E-state index contributed by atoms with van der Waals surface area (Å²) in [6.45, 7) is 0.323. The fraction of sp³-hybridized carbons (Fsp3) is 0.364. The first-order valence-corrected chi connectivity index (χ1v) is 5.69. The highest BCUT2D eigenvalue weighted by Crippen LogP contribution is 2.29. The molecular formula is C11H11BrO4. The molecule has 0 spiro atoms. The van der Waals surface area contributed by atoms with Crippen LogP contribution < -0.4 is 0 Å². The lowest BCUT2D eigenvalue weighted by Gasteiger charge is -2.10. The molecule has 16 heavy (non-hydrogen) atoms. The molecule has 86 valence electrons. The number of carbonyl (C=O) groups is 1. The van der Waals surface area contributed by atoms with Crippen LogP contribution in [0.15, 0.2) is 28.7 Å². The van der Waals surface area contributed by atoms with Crippen LogP contribution in [-0.4, -0.2) is 23.8 Å². The molecule has 5 heteroatoms. The number of carboxylic acids is 1. The summed E-state index contributed by atoms with van der Waals surface area (Å²) in [5.41, 5.74) is 0.891. The Bertz CT molecular complexity index is 393. The van der Waals surface area contributed by atoms with Crippen LogP contribution in [0.3, 0.4) is 0 Å². The Kier molecular flexibility index (Phi) is 3.58. The average molecular weight is 287 g/mol. The second-order valence-corrected chi connectivity index (χ2v) is 4.49. The third-order valence-electron chi connectivity index (χ3n) is 2.27. The van der Waals surface area contributed by atoms with Crippen LogP contribution in [0.1, 0.15) is 18.3 Å². The normalized spacial score (nSPS) is 24.6. The lowest BCUT2D eigenvalue weighted by molar-refractivity contribution is -0.140. The van der Waals surface area contributed by atoms with E-state index < -0.39 is 12.3 Å². The van der Waals surface area contributed by atoms with Crippen molar-refractivity contribution < 1.29 is 19.4 Å². The summed E-state index contributed by atoms with van der Waals surface area (Å²) >= 11 is 3.36. The van der Waals surface area contributed by atoms with Gasteiger partial charge in [0.2, 0.25) is 0 Å². The maximum absolute atomic E-state index is 10.5. The standard InChI is InChI=1S/C11H11BrO4/c12-8-3-1-2-7(4-8)11-15-6-9(16-11)5-10(13)14/h1-4,9,11H,5-6H2,(H,13,14). The van der Waals surface area contributed by atoms with Crippen molar-refractivity contribution in [3.8, 4) is 0 Å². The smallest absolute Gasteiger partial charge is 0.306 e. The van der Waals surface area contributed by atoms with Crippen molar-refractivity contribution >= 4 is 21.9 Å². The van der Waals surface area contributed by atoms with E-state index in [0.717, 1.165) is 10.0 Å². The highest BCUT2D eigenvalue weighted by atomic mass is 79.9. The van der Waals surface area contributed by atoms with Gasteiger partial charge >= 0.3 is 5.97 Å². The van der Waals surface area contributed by atoms with Gasteiger partial charge in [-0.15, -0.1) is 0 Å². The zero-order chi connectivity index (χ0) is 11.5. The lowest BCUT2D eigenvalue weighted by atomic mass is 10.2. The summed E-state index contributed by atoms with van der Waals surface area (Å²) in [6, 6.07) is 7.58. The van der Waals surface area contributed by atoms with Gasteiger partial charge in [0.15, 0.2) is 6.29 Å². The van der Waals surface area contributed by atoms with Gasteiger partial charge in [0.25, 0.3) is 0 Å². The zero-order valence-electron chi connectivity index (χ0n) is 8.43. The largest absolute Gasteiger partial charge is 0.481 e. The molecule has 1 aliphatic heterocycles. The Morgan fingerprint density at radius 1 is 1.56 bits per heavy atom. The van der Waals surface area contributed by atoms with E-state index in [0.29, 0.717) is 6.61 Å². The van der Waals surface area contributed by atoms with E-state index in [-0.39, 0.29) is 12.5 Å². The Hall–Kier alpha value is -0.910. The molecule has 2 rings (SSSR count). The van der Waals surface area contributed by atoms with E-state index in [1.54, 1.807) is 0 Å². The van der Waals surface area contributed by atoms with Gasteiger partial charge in [0, 0.05) is 10.0 Å². The van der Waals surface area contributed by atoms with Gasteiger partial charge in [0.05, 0.1) is 19.1 Å². The maximum atomic E-state index is 10.5. The van der Waals surface area contributed by atoms with Crippen LogP contribution in [-0.2, 0) is 14.3 Å². The predicted octanol–water partition coefficient (Wildman–Crippen LogP) is 2.34. The molecule has 1 fully saturated rings. The number of ether oxygens (including phenoxy) is 2. The van der Waals surface area contributed by atoms with Gasteiger partial charge < -0.3 is 14.6 Å². The molecular weight excluding hydrogens is 276 g/mol. The average Bonchev–Trinajstić information content (AvgIpc) is 2.65. The topological polar surface area (TPSA) is 55.8 Å². The molecule has 1 aromatic rings. The minimum atomic E-state index is -0.872. The summed E-state index contributed by atoms with van der Waals surface area (Å²) in [7, 11) is 0. The van der Waals surface area contributed by atoms with Crippen molar-refractivity contribution in [1.82, 2.24) is 0 Å². The monoisotopic (exact) mass is 286 g/mol. The first kappa shape index (κ1) is 11.6.